The van der Waals surface area contributed by atoms with Crippen molar-refractivity contribution in [3.63, 3.8) is 0 Å². The second kappa shape index (κ2) is 5.60. The Morgan fingerprint density at radius 1 is 1.33 bits per heavy atom. The maximum absolute atomic E-state index is 11.9. The van der Waals surface area contributed by atoms with Gasteiger partial charge in [0.05, 0.1) is 12.8 Å². The van der Waals surface area contributed by atoms with Gasteiger partial charge in [0.1, 0.15) is 11.6 Å². The second-order valence-electron chi connectivity index (χ2n) is 5.75. The Bertz CT molecular complexity index is 648. The molecule has 0 aliphatic carbocycles. The van der Waals surface area contributed by atoms with E-state index in [9.17, 15) is 4.79 Å². The highest BCUT2D eigenvalue weighted by Gasteiger charge is 2.29. The van der Waals surface area contributed by atoms with Crippen molar-refractivity contribution in [2.24, 2.45) is 5.92 Å². The predicted molar refractivity (Wildman–Crippen MR) is 80.5 cm³/mol. The van der Waals surface area contributed by atoms with Crippen molar-refractivity contribution in [1.29, 1.82) is 0 Å². The number of H-pyrrole nitrogens is 1. The highest BCUT2D eigenvalue weighted by Crippen LogP contribution is 2.39. The molecule has 2 N–H and O–H groups in total. The molecular weight excluding hydrogens is 266 g/mol. The number of fused-ring (bicyclic) bond motifs is 1. The van der Waals surface area contributed by atoms with Crippen LogP contribution in [0.5, 0.6) is 5.75 Å². The van der Waals surface area contributed by atoms with E-state index in [1.165, 1.54) is 0 Å². The molecule has 0 fully saturated rings. The molecule has 110 valence electrons. The lowest BCUT2D eigenvalue weighted by molar-refractivity contribution is -0.116. The van der Waals surface area contributed by atoms with Crippen LogP contribution in [0.4, 0.5) is 5.82 Å². The van der Waals surface area contributed by atoms with E-state index in [1.807, 2.05) is 24.3 Å². The summed E-state index contributed by atoms with van der Waals surface area (Å²) in [6.45, 7) is 4.89. The fraction of sp³-hybridized carbons (Fsp3) is 0.375. The van der Waals surface area contributed by atoms with Crippen LogP contribution in [0.2, 0.25) is 0 Å². The lowest BCUT2D eigenvalue weighted by atomic mass is 9.87. The molecule has 5 heteroatoms. The molecule has 2 heterocycles. The fourth-order valence-corrected chi connectivity index (χ4v) is 2.58. The normalized spacial score (nSPS) is 17.5. The SMILES string of the molecule is CC(C)COc1ccccc1[C@H]1CC(=O)Nc2[nH]ncc21. The minimum atomic E-state index is -0.0177. The largest absolute Gasteiger partial charge is 0.493 e. The summed E-state index contributed by atoms with van der Waals surface area (Å²) in [5.74, 6) is 1.97. The van der Waals surface area contributed by atoms with E-state index in [2.05, 4.69) is 29.4 Å². The van der Waals surface area contributed by atoms with Crippen molar-refractivity contribution < 1.29 is 9.53 Å². The zero-order chi connectivity index (χ0) is 14.8. The minimum absolute atomic E-state index is 0.00425. The number of nitrogens with zero attached hydrogens (tertiary/aromatic N) is 1. The number of ether oxygens (including phenoxy) is 1. The van der Waals surface area contributed by atoms with Gasteiger partial charge in [-0.2, -0.15) is 5.10 Å². The molecule has 3 rings (SSSR count). The summed E-state index contributed by atoms with van der Waals surface area (Å²) in [4.78, 5) is 11.9. The molecule has 0 bridgehead atoms. The van der Waals surface area contributed by atoms with Gasteiger partial charge in [-0.1, -0.05) is 32.0 Å². The van der Waals surface area contributed by atoms with Gasteiger partial charge in [0, 0.05) is 23.5 Å². The van der Waals surface area contributed by atoms with Crippen molar-refractivity contribution in [3.8, 4) is 5.75 Å². The van der Waals surface area contributed by atoms with Gasteiger partial charge < -0.3 is 10.1 Å². The molecule has 0 unspecified atom stereocenters. The first-order valence-electron chi connectivity index (χ1n) is 7.20. The maximum atomic E-state index is 11.9. The lowest BCUT2D eigenvalue weighted by Crippen LogP contribution is -2.23. The van der Waals surface area contributed by atoms with Gasteiger partial charge >= 0.3 is 0 Å². The summed E-state index contributed by atoms with van der Waals surface area (Å²) >= 11 is 0. The zero-order valence-corrected chi connectivity index (χ0v) is 12.2. The van der Waals surface area contributed by atoms with E-state index in [1.54, 1.807) is 6.20 Å². The number of aromatic amines is 1. The van der Waals surface area contributed by atoms with Crippen LogP contribution in [0, 0.1) is 5.92 Å². The number of carbonyl (C=O) groups excluding carboxylic acids is 1. The van der Waals surface area contributed by atoms with Crippen LogP contribution in [0.3, 0.4) is 0 Å². The van der Waals surface area contributed by atoms with Gasteiger partial charge in [0.2, 0.25) is 5.91 Å². The van der Waals surface area contributed by atoms with Gasteiger partial charge in [-0.3, -0.25) is 9.89 Å². The molecule has 0 saturated carbocycles. The van der Waals surface area contributed by atoms with Crippen molar-refractivity contribution in [2.75, 3.05) is 11.9 Å². The third-order valence-corrected chi connectivity index (χ3v) is 3.56. The monoisotopic (exact) mass is 285 g/mol. The van der Waals surface area contributed by atoms with Crippen molar-refractivity contribution >= 4 is 11.7 Å². The van der Waals surface area contributed by atoms with Crippen LogP contribution in [0.1, 0.15) is 37.3 Å². The third kappa shape index (κ3) is 2.77. The number of hydrogen-bond acceptors (Lipinski definition) is 3. The summed E-state index contributed by atoms with van der Waals surface area (Å²) in [6, 6.07) is 7.92. The van der Waals surface area contributed by atoms with Crippen LogP contribution in [0.25, 0.3) is 0 Å². The number of rotatable bonds is 4. The van der Waals surface area contributed by atoms with Gasteiger partial charge in [-0.15, -0.1) is 0 Å². The summed E-state index contributed by atoms with van der Waals surface area (Å²) in [5.41, 5.74) is 2.05. The second-order valence-corrected chi connectivity index (χ2v) is 5.75. The van der Waals surface area contributed by atoms with Crippen LogP contribution in [-0.4, -0.2) is 22.7 Å². The van der Waals surface area contributed by atoms with Gasteiger partial charge in [-0.05, 0) is 12.0 Å². The Balaban J connectivity index is 1.96. The number of hydrogen-bond donors (Lipinski definition) is 2. The molecule has 1 aliphatic rings. The van der Waals surface area contributed by atoms with Crippen LogP contribution >= 0.6 is 0 Å². The number of nitrogens with one attached hydrogen (secondary N) is 2. The molecule has 1 aromatic heterocycles. The first-order valence-corrected chi connectivity index (χ1v) is 7.20. The highest BCUT2D eigenvalue weighted by atomic mass is 16.5. The first-order chi connectivity index (χ1) is 10.1. The minimum Gasteiger partial charge on any atom is -0.493 e. The number of benzene rings is 1. The topological polar surface area (TPSA) is 67.0 Å². The van der Waals surface area contributed by atoms with Crippen LogP contribution in [0.15, 0.2) is 30.5 Å². The van der Waals surface area contributed by atoms with E-state index in [0.717, 1.165) is 16.9 Å². The van der Waals surface area contributed by atoms with E-state index < -0.39 is 0 Å². The Hall–Kier alpha value is -2.30. The van der Waals surface area contributed by atoms with E-state index in [-0.39, 0.29) is 11.8 Å². The van der Waals surface area contributed by atoms with Crippen LogP contribution < -0.4 is 10.1 Å². The molecule has 0 radical (unpaired) electrons. The smallest absolute Gasteiger partial charge is 0.226 e. The van der Waals surface area contributed by atoms with Gasteiger partial charge in [0.25, 0.3) is 0 Å². The van der Waals surface area contributed by atoms with Crippen molar-refractivity contribution in [3.05, 3.63) is 41.6 Å². The molecule has 21 heavy (non-hydrogen) atoms. The van der Waals surface area contributed by atoms with E-state index in [4.69, 9.17) is 4.74 Å². The lowest BCUT2D eigenvalue weighted by Gasteiger charge is -2.24. The third-order valence-electron chi connectivity index (χ3n) is 3.56. The number of para-hydroxylation sites is 1. The number of carbonyl (C=O) groups is 1. The Labute approximate surface area is 123 Å². The Morgan fingerprint density at radius 2 is 2.14 bits per heavy atom. The van der Waals surface area contributed by atoms with E-state index in [0.29, 0.717) is 24.8 Å². The average molecular weight is 285 g/mol. The molecule has 1 aliphatic heterocycles. The standard InChI is InChI=1S/C16H19N3O2/c1-10(2)9-21-14-6-4-3-5-11(14)12-7-15(20)18-16-13(12)8-17-19-16/h3-6,8,10,12H,7,9H2,1-2H3,(H2,17,18,19,20)/t12-/m1/s1. The Morgan fingerprint density at radius 3 is 2.95 bits per heavy atom. The molecule has 0 saturated heterocycles. The Kier molecular flexibility index (Phi) is 3.64. The van der Waals surface area contributed by atoms with Gasteiger partial charge in [-0.25, -0.2) is 0 Å². The molecule has 5 nitrogen and oxygen atoms in total. The summed E-state index contributed by atoms with van der Waals surface area (Å²) < 4.78 is 5.92. The highest BCUT2D eigenvalue weighted by molar-refractivity contribution is 5.94. The maximum Gasteiger partial charge on any atom is 0.226 e. The van der Waals surface area contributed by atoms with Crippen molar-refractivity contribution in [2.45, 2.75) is 26.2 Å². The molecule has 1 amide bonds. The summed E-state index contributed by atoms with van der Waals surface area (Å²) in [6.07, 6.45) is 2.19. The van der Waals surface area contributed by atoms with Gasteiger partial charge in [0.15, 0.2) is 0 Å². The predicted octanol–water partition coefficient (Wildman–Crippen LogP) is 2.92. The van der Waals surface area contributed by atoms with E-state index >= 15 is 0 Å². The molecular formula is C16H19N3O2. The average Bonchev–Trinajstić information content (AvgIpc) is 2.92. The molecule has 1 atom stereocenters. The molecule has 2 aromatic rings. The van der Waals surface area contributed by atoms with Crippen LogP contribution in [-0.2, 0) is 4.79 Å². The quantitative estimate of drug-likeness (QED) is 0.907. The van der Waals surface area contributed by atoms with Crippen molar-refractivity contribution in [1.82, 2.24) is 10.2 Å². The molecule has 0 spiro atoms. The molecule has 1 aromatic carbocycles. The number of amides is 1. The first kappa shape index (κ1) is 13.7. The number of anilines is 1. The summed E-state index contributed by atoms with van der Waals surface area (Å²) in [7, 11) is 0. The fourth-order valence-electron chi connectivity index (χ4n) is 2.58. The summed E-state index contributed by atoms with van der Waals surface area (Å²) in [5, 5.41) is 9.68. The zero-order valence-electron chi connectivity index (χ0n) is 12.2. The number of aromatic nitrogens is 2.